The molecule has 0 atom stereocenters. The topological polar surface area (TPSA) is 3.24 Å². The number of rotatable bonds is 7. The maximum absolute atomic E-state index is 2.37. The minimum atomic E-state index is 1.10. The fraction of sp³-hybridized carbons (Fsp3) is 0.625. The van der Waals surface area contributed by atoms with E-state index in [4.69, 9.17) is 0 Å². The highest BCUT2D eigenvalue weighted by Gasteiger charge is 2.06. The van der Waals surface area contributed by atoms with Crippen LogP contribution in [0.1, 0.15) is 47.0 Å². The van der Waals surface area contributed by atoms with Crippen LogP contribution in [-0.2, 0) is 0 Å². The molecule has 0 amide bonds. The largest absolute Gasteiger partial charge is 0.309 e. The van der Waals surface area contributed by atoms with Gasteiger partial charge < -0.3 is 4.90 Å². The molecule has 0 aromatic rings. The first-order valence-electron chi connectivity index (χ1n) is 6.74. The van der Waals surface area contributed by atoms with Crippen molar-refractivity contribution in [3.63, 3.8) is 0 Å². The van der Waals surface area contributed by atoms with Gasteiger partial charge in [0.2, 0.25) is 0 Å². The summed E-state index contributed by atoms with van der Waals surface area (Å²) in [5.74, 6) is 0. The molecular formula is C16H29N. The van der Waals surface area contributed by atoms with Crippen LogP contribution in [0.2, 0.25) is 0 Å². The molecule has 0 unspecified atom stereocenters. The van der Waals surface area contributed by atoms with E-state index in [1.807, 2.05) is 0 Å². The lowest BCUT2D eigenvalue weighted by molar-refractivity contribution is 0.413. The van der Waals surface area contributed by atoms with Gasteiger partial charge in [-0.2, -0.15) is 0 Å². The van der Waals surface area contributed by atoms with Crippen molar-refractivity contribution in [1.29, 1.82) is 0 Å². The Balaban J connectivity index is 4.99. The summed E-state index contributed by atoms with van der Waals surface area (Å²) >= 11 is 0. The van der Waals surface area contributed by atoms with Gasteiger partial charge >= 0.3 is 0 Å². The first-order chi connectivity index (χ1) is 8.06. The molecule has 0 heterocycles. The minimum absolute atomic E-state index is 1.10. The standard InChI is InChI=1S/C16H29N/c1-7-10-15(12-13-17(5)6)16(11-8-2)14(4)9-3/h9-11H,7-8,12-13H2,1-6H3/b14-9-,15-10-,16-11+. The van der Waals surface area contributed by atoms with Gasteiger partial charge in [-0.25, -0.2) is 0 Å². The molecule has 0 saturated carbocycles. The summed E-state index contributed by atoms with van der Waals surface area (Å²) in [4.78, 5) is 2.25. The molecule has 0 spiro atoms. The Bertz CT molecular complexity index is 293. The monoisotopic (exact) mass is 235 g/mol. The van der Waals surface area contributed by atoms with Crippen LogP contribution < -0.4 is 0 Å². The average molecular weight is 235 g/mol. The Kier molecular flexibility index (Phi) is 8.79. The first kappa shape index (κ1) is 16.2. The third-order valence-corrected chi connectivity index (χ3v) is 2.89. The summed E-state index contributed by atoms with van der Waals surface area (Å²) in [5.41, 5.74) is 4.34. The molecule has 0 N–H and O–H groups in total. The van der Waals surface area contributed by atoms with Gasteiger partial charge in [-0.05, 0) is 63.9 Å². The molecule has 0 aromatic heterocycles. The van der Waals surface area contributed by atoms with E-state index >= 15 is 0 Å². The highest BCUT2D eigenvalue weighted by atomic mass is 15.0. The van der Waals surface area contributed by atoms with Crippen LogP contribution in [0.5, 0.6) is 0 Å². The molecule has 0 saturated heterocycles. The lowest BCUT2D eigenvalue weighted by atomic mass is 9.94. The van der Waals surface area contributed by atoms with E-state index in [2.05, 4.69) is 64.9 Å². The van der Waals surface area contributed by atoms with Crippen molar-refractivity contribution >= 4 is 0 Å². The Morgan fingerprint density at radius 3 is 2.06 bits per heavy atom. The van der Waals surface area contributed by atoms with E-state index in [0.717, 1.165) is 25.8 Å². The van der Waals surface area contributed by atoms with Crippen LogP contribution in [0.15, 0.2) is 34.9 Å². The second-order valence-corrected chi connectivity index (χ2v) is 4.69. The van der Waals surface area contributed by atoms with Gasteiger partial charge in [0, 0.05) is 6.54 Å². The molecule has 0 fully saturated rings. The number of hydrogen-bond donors (Lipinski definition) is 0. The SMILES string of the molecule is C\C=C(C)/C(=C\CC)C(=C\CC)/CCN(C)C. The molecule has 0 rings (SSSR count). The number of allylic oxidation sites excluding steroid dienone is 5. The summed E-state index contributed by atoms with van der Waals surface area (Å²) in [5, 5.41) is 0. The van der Waals surface area contributed by atoms with Crippen molar-refractivity contribution < 1.29 is 0 Å². The Labute approximate surface area is 108 Å². The van der Waals surface area contributed by atoms with Crippen molar-refractivity contribution in [2.45, 2.75) is 47.0 Å². The van der Waals surface area contributed by atoms with Crippen molar-refractivity contribution in [3.8, 4) is 0 Å². The second kappa shape index (κ2) is 9.23. The molecular weight excluding hydrogens is 206 g/mol. The van der Waals surface area contributed by atoms with Crippen molar-refractivity contribution in [2.24, 2.45) is 0 Å². The summed E-state index contributed by atoms with van der Waals surface area (Å²) in [6.07, 6.45) is 10.3. The lowest BCUT2D eigenvalue weighted by Crippen LogP contribution is -2.14. The van der Waals surface area contributed by atoms with Crippen LogP contribution in [0.4, 0.5) is 0 Å². The fourth-order valence-electron chi connectivity index (χ4n) is 1.84. The zero-order chi connectivity index (χ0) is 13.3. The fourth-order valence-corrected chi connectivity index (χ4v) is 1.84. The molecule has 0 aliphatic heterocycles. The molecule has 0 bridgehead atoms. The molecule has 17 heavy (non-hydrogen) atoms. The van der Waals surface area contributed by atoms with Crippen LogP contribution >= 0.6 is 0 Å². The third kappa shape index (κ3) is 6.48. The van der Waals surface area contributed by atoms with Crippen molar-refractivity contribution in [1.82, 2.24) is 4.90 Å². The maximum Gasteiger partial charge on any atom is 0.00158 e. The molecule has 0 aliphatic carbocycles. The van der Waals surface area contributed by atoms with Crippen LogP contribution in [-0.4, -0.2) is 25.5 Å². The zero-order valence-electron chi connectivity index (χ0n) is 12.5. The van der Waals surface area contributed by atoms with Gasteiger partial charge in [0.25, 0.3) is 0 Å². The molecule has 1 nitrogen and oxygen atoms in total. The van der Waals surface area contributed by atoms with Crippen molar-refractivity contribution in [2.75, 3.05) is 20.6 Å². The lowest BCUT2D eigenvalue weighted by Gasteiger charge is -2.16. The summed E-state index contributed by atoms with van der Waals surface area (Å²) in [7, 11) is 4.27. The van der Waals surface area contributed by atoms with E-state index in [-0.39, 0.29) is 0 Å². The Hall–Kier alpha value is -0.820. The number of nitrogens with zero attached hydrogens (tertiary/aromatic N) is 1. The summed E-state index contributed by atoms with van der Waals surface area (Å²) in [6, 6.07) is 0. The Morgan fingerprint density at radius 1 is 1.06 bits per heavy atom. The van der Waals surface area contributed by atoms with E-state index in [1.54, 1.807) is 0 Å². The van der Waals surface area contributed by atoms with E-state index in [1.165, 1.54) is 16.7 Å². The van der Waals surface area contributed by atoms with Crippen LogP contribution in [0, 0.1) is 0 Å². The van der Waals surface area contributed by atoms with E-state index < -0.39 is 0 Å². The molecule has 1 heteroatoms. The van der Waals surface area contributed by atoms with Crippen molar-refractivity contribution in [3.05, 3.63) is 34.9 Å². The van der Waals surface area contributed by atoms with Gasteiger partial charge in [-0.3, -0.25) is 0 Å². The van der Waals surface area contributed by atoms with Crippen LogP contribution in [0.25, 0.3) is 0 Å². The van der Waals surface area contributed by atoms with Crippen LogP contribution in [0.3, 0.4) is 0 Å². The molecule has 0 aliphatic rings. The smallest absolute Gasteiger partial charge is 0.00158 e. The molecule has 0 radical (unpaired) electrons. The summed E-state index contributed by atoms with van der Waals surface area (Å²) < 4.78 is 0. The average Bonchev–Trinajstić information content (AvgIpc) is 2.30. The van der Waals surface area contributed by atoms with Gasteiger partial charge in [0.05, 0.1) is 0 Å². The normalized spacial score (nSPS) is 14.6. The zero-order valence-corrected chi connectivity index (χ0v) is 12.5. The summed E-state index contributed by atoms with van der Waals surface area (Å²) in [6.45, 7) is 9.86. The molecule has 0 aromatic carbocycles. The minimum Gasteiger partial charge on any atom is -0.309 e. The predicted molar refractivity (Wildman–Crippen MR) is 79.4 cm³/mol. The maximum atomic E-state index is 2.37. The third-order valence-electron chi connectivity index (χ3n) is 2.89. The van der Waals surface area contributed by atoms with Gasteiger partial charge in [0.1, 0.15) is 0 Å². The van der Waals surface area contributed by atoms with E-state index in [9.17, 15) is 0 Å². The highest BCUT2D eigenvalue weighted by molar-refractivity contribution is 5.45. The highest BCUT2D eigenvalue weighted by Crippen LogP contribution is 2.23. The predicted octanol–water partition coefficient (Wildman–Crippen LogP) is 4.58. The van der Waals surface area contributed by atoms with Gasteiger partial charge in [-0.15, -0.1) is 0 Å². The quantitative estimate of drug-likeness (QED) is 0.584. The number of hydrogen-bond acceptors (Lipinski definition) is 1. The van der Waals surface area contributed by atoms with E-state index in [0.29, 0.717) is 0 Å². The van der Waals surface area contributed by atoms with Gasteiger partial charge in [-0.1, -0.05) is 32.1 Å². The molecule has 98 valence electrons. The Morgan fingerprint density at radius 2 is 1.65 bits per heavy atom. The van der Waals surface area contributed by atoms with Gasteiger partial charge in [0.15, 0.2) is 0 Å². The second-order valence-electron chi connectivity index (χ2n) is 4.69. The first-order valence-corrected chi connectivity index (χ1v) is 6.74.